The zero-order chi connectivity index (χ0) is 23.6. The third-order valence-electron chi connectivity index (χ3n) is 5.37. The van der Waals surface area contributed by atoms with Crippen LogP contribution < -0.4 is 20.7 Å². The molecule has 0 aliphatic heterocycles. The number of benzene rings is 2. The van der Waals surface area contributed by atoms with Crippen molar-refractivity contribution in [2.24, 2.45) is 0 Å². The molecule has 9 heteroatoms. The van der Waals surface area contributed by atoms with Gasteiger partial charge in [0.2, 0.25) is 5.91 Å². The highest BCUT2D eigenvalue weighted by Gasteiger charge is 2.39. The number of rotatable bonds is 6. The first-order valence-corrected chi connectivity index (χ1v) is 10.3. The monoisotopic (exact) mass is 452 g/mol. The summed E-state index contributed by atoms with van der Waals surface area (Å²) in [5.41, 5.74) is 0.898. The van der Waals surface area contributed by atoms with Crippen molar-refractivity contribution in [1.29, 1.82) is 0 Å². The van der Waals surface area contributed by atoms with Gasteiger partial charge in [0.05, 0.1) is 11.4 Å². The highest BCUT2D eigenvalue weighted by Crippen LogP contribution is 2.48. The van der Waals surface area contributed by atoms with E-state index in [1.807, 2.05) is 0 Å². The second-order valence-corrected chi connectivity index (χ2v) is 8.14. The Balaban J connectivity index is 1.41. The van der Waals surface area contributed by atoms with Gasteiger partial charge in [-0.1, -0.05) is 13.0 Å². The SMILES string of the molecule is CC(=O)Nc1cc(Oc2ccc(NC(=O)Nc3cc(C4(C)CC4)ccc3F)c(F)c2)ccn1. The molecule has 1 saturated carbocycles. The quantitative estimate of drug-likeness (QED) is 0.440. The Bertz CT molecular complexity index is 1230. The minimum absolute atomic E-state index is 0.0141. The zero-order valence-electron chi connectivity index (χ0n) is 18.0. The molecule has 3 N–H and O–H groups in total. The number of aromatic nitrogens is 1. The molecular weight excluding hydrogens is 430 g/mol. The average molecular weight is 452 g/mol. The van der Waals surface area contributed by atoms with E-state index in [4.69, 9.17) is 4.74 Å². The molecule has 1 aromatic heterocycles. The van der Waals surface area contributed by atoms with Gasteiger partial charge in [-0.15, -0.1) is 0 Å². The third-order valence-corrected chi connectivity index (χ3v) is 5.37. The first kappa shape index (κ1) is 22.2. The molecule has 3 aromatic rings. The molecule has 0 saturated heterocycles. The van der Waals surface area contributed by atoms with Crippen molar-refractivity contribution >= 4 is 29.1 Å². The van der Waals surface area contributed by atoms with E-state index < -0.39 is 17.7 Å². The van der Waals surface area contributed by atoms with Crippen LogP contribution in [-0.4, -0.2) is 16.9 Å². The number of hydrogen-bond donors (Lipinski definition) is 3. The lowest BCUT2D eigenvalue weighted by Gasteiger charge is -2.14. The van der Waals surface area contributed by atoms with Crippen LogP contribution in [-0.2, 0) is 10.2 Å². The van der Waals surface area contributed by atoms with Gasteiger partial charge in [-0.2, -0.15) is 0 Å². The largest absolute Gasteiger partial charge is 0.457 e. The molecule has 1 fully saturated rings. The minimum atomic E-state index is -0.770. The molecule has 0 atom stereocenters. The molecule has 1 aliphatic carbocycles. The highest BCUT2D eigenvalue weighted by atomic mass is 19.1. The summed E-state index contributed by atoms with van der Waals surface area (Å²) in [7, 11) is 0. The second kappa shape index (κ2) is 8.85. The van der Waals surface area contributed by atoms with Crippen LogP contribution in [0, 0.1) is 11.6 Å². The lowest BCUT2D eigenvalue weighted by atomic mass is 9.98. The fourth-order valence-corrected chi connectivity index (χ4v) is 3.27. The number of nitrogens with zero attached hydrogens (tertiary/aromatic N) is 1. The van der Waals surface area contributed by atoms with Crippen LogP contribution >= 0.6 is 0 Å². The minimum Gasteiger partial charge on any atom is -0.457 e. The Morgan fingerprint density at radius 1 is 0.909 bits per heavy atom. The van der Waals surface area contributed by atoms with Gasteiger partial charge in [0.25, 0.3) is 0 Å². The molecule has 0 radical (unpaired) electrons. The van der Waals surface area contributed by atoms with E-state index >= 15 is 0 Å². The number of urea groups is 1. The molecule has 0 bridgehead atoms. The van der Waals surface area contributed by atoms with Crippen molar-refractivity contribution in [3.05, 3.63) is 71.9 Å². The van der Waals surface area contributed by atoms with Crippen molar-refractivity contribution in [2.45, 2.75) is 32.1 Å². The Labute approximate surface area is 189 Å². The molecule has 7 nitrogen and oxygen atoms in total. The van der Waals surface area contributed by atoms with Gasteiger partial charge < -0.3 is 20.7 Å². The Morgan fingerprint density at radius 2 is 1.64 bits per heavy atom. The summed E-state index contributed by atoms with van der Waals surface area (Å²) in [5, 5.41) is 7.34. The van der Waals surface area contributed by atoms with E-state index in [1.54, 1.807) is 18.2 Å². The van der Waals surface area contributed by atoms with Crippen LogP contribution in [0.15, 0.2) is 54.7 Å². The molecule has 1 heterocycles. The Kier molecular flexibility index (Phi) is 5.95. The molecular formula is C24H22F2N4O3. The maximum atomic E-state index is 14.5. The van der Waals surface area contributed by atoms with Crippen LogP contribution in [0.2, 0.25) is 0 Å². The molecule has 0 unspecified atom stereocenters. The standard InChI is InChI=1S/C24H22F2N4O3/c1-14(31)28-22-13-17(7-10-27-22)33-16-4-6-20(19(26)12-16)29-23(32)30-21-11-15(3-5-18(21)25)24(2)8-9-24/h3-7,10-13H,8-9H2,1-2H3,(H,27,28,31)(H2,29,30,32). The summed E-state index contributed by atoms with van der Waals surface area (Å²) in [6.07, 6.45) is 3.46. The lowest BCUT2D eigenvalue weighted by Crippen LogP contribution is -2.21. The third kappa shape index (κ3) is 5.43. The van der Waals surface area contributed by atoms with Gasteiger partial charge in [-0.05, 0) is 54.2 Å². The van der Waals surface area contributed by atoms with E-state index in [2.05, 4.69) is 27.9 Å². The molecule has 2 aromatic carbocycles. The summed E-state index contributed by atoms with van der Waals surface area (Å²) >= 11 is 0. The van der Waals surface area contributed by atoms with Crippen LogP contribution in [0.25, 0.3) is 0 Å². The fourth-order valence-electron chi connectivity index (χ4n) is 3.27. The van der Waals surface area contributed by atoms with Crippen molar-refractivity contribution in [1.82, 2.24) is 4.98 Å². The molecule has 33 heavy (non-hydrogen) atoms. The topological polar surface area (TPSA) is 92.4 Å². The summed E-state index contributed by atoms with van der Waals surface area (Å²) in [6, 6.07) is 10.8. The summed E-state index contributed by atoms with van der Waals surface area (Å²) < 4.78 is 34.3. The smallest absolute Gasteiger partial charge is 0.323 e. The normalized spacial score (nSPS) is 13.7. The number of halogens is 2. The number of ether oxygens (including phenoxy) is 1. The molecule has 0 spiro atoms. The summed E-state index contributed by atoms with van der Waals surface area (Å²) in [6.45, 7) is 3.43. The predicted octanol–water partition coefficient (Wildman–Crippen LogP) is 5.81. The van der Waals surface area contributed by atoms with Crippen LogP contribution in [0.3, 0.4) is 0 Å². The number of hydrogen-bond acceptors (Lipinski definition) is 4. The first-order valence-electron chi connectivity index (χ1n) is 10.3. The Morgan fingerprint density at radius 3 is 2.33 bits per heavy atom. The number of nitrogens with one attached hydrogen (secondary N) is 3. The summed E-state index contributed by atoms with van der Waals surface area (Å²) in [4.78, 5) is 27.5. The fraction of sp³-hybridized carbons (Fsp3) is 0.208. The highest BCUT2D eigenvalue weighted by molar-refractivity contribution is 6.00. The van der Waals surface area contributed by atoms with E-state index in [0.717, 1.165) is 24.5 Å². The molecule has 170 valence electrons. The number of carbonyl (C=O) groups is 2. The Hall–Kier alpha value is -4.01. The molecule has 4 rings (SSSR count). The van der Waals surface area contributed by atoms with Crippen molar-refractivity contribution in [2.75, 3.05) is 16.0 Å². The number of amides is 3. The van der Waals surface area contributed by atoms with E-state index in [1.165, 1.54) is 37.4 Å². The van der Waals surface area contributed by atoms with Gasteiger partial charge in [0.15, 0.2) is 0 Å². The maximum absolute atomic E-state index is 14.5. The van der Waals surface area contributed by atoms with Crippen LogP contribution in [0.1, 0.15) is 32.3 Å². The van der Waals surface area contributed by atoms with E-state index in [0.29, 0.717) is 11.6 Å². The van der Waals surface area contributed by atoms with Gasteiger partial charge in [-0.3, -0.25) is 4.79 Å². The number of pyridine rings is 1. The van der Waals surface area contributed by atoms with E-state index in [-0.39, 0.29) is 28.4 Å². The average Bonchev–Trinajstić information content (AvgIpc) is 3.50. The second-order valence-electron chi connectivity index (χ2n) is 8.14. The maximum Gasteiger partial charge on any atom is 0.323 e. The predicted molar refractivity (Wildman–Crippen MR) is 121 cm³/mol. The first-order chi connectivity index (χ1) is 15.7. The van der Waals surface area contributed by atoms with E-state index in [9.17, 15) is 18.4 Å². The van der Waals surface area contributed by atoms with Crippen molar-refractivity contribution in [3.63, 3.8) is 0 Å². The van der Waals surface area contributed by atoms with Crippen LogP contribution in [0.5, 0.6) is 11.5 Å². The van der Waals surface area contributed by atoms with Gasteiger partial charge >= 0.3 is 6.03 Å². The van der Waals surface area contributed by atoms with Gasteiger partial charge in [0, 0.05) is 25.3 Å². The van der Waals surface area contributed by atoms with Crippen molar-refractivity contribution < 1.29 is 23.1 Å². The number of anilines is 3. The molecule has 3 amide bonds. The summed E-state index contributed by atoms with van der Waals surface area (Å²) in [5.74, 6) is -0.784. The van der Waals surface area contributed by atoms with Gasteiger partial charge in [0.1, 0.15) is 29.0 Å². The zero-order valence-corrected chi connectivity index (χ0v) is 18.0. The van der Waals surface area contributed by atoms with Crippen molar-refractivity contribution in [3.8, 4) is 11.5 Å². The van der Waals surface area contributed by atoms with Gasteiger partial charge in [-0.25, -0.2) is 18.6 Å². The van der Waals surface area contributed by atoms with Crippen LogP contribution in [0.4, 0.5) is 30.8 Å². The lowest BCUT2D eigenvalue weighted by molar-refractivity contribution is -0.114. The molecule has 1 aliphatic rings. The number of carbonyl (C=O) groups excluding carboxylic acids is 2.